The summed E-state index contributed by atoms with van der Waals surface area (Å²) in [7, 11) is 0. The Balaban J connectivity index is 1.45. The highest BCUT2D eigenvalue weighted by Crippen LogP contribution is 2.30. The lowest BCUT2D eigenvalue weighted by atomic mass is 10.2. The van der Waals surface area contributed by atoms with Crippen LogP contribution in [0.15, 0.2) is 29.6 Å². The number of rotatable bonds is 6. The Morgan fingerprint density at radius 2 is 2.15 bits per heavy atom. The molecular weight excluding hydrogens is 353 g/mol. The Hall–Kier alpha value is -2.28. The molecule has 7 heteroatoms. The number of carbonyl (C=O) groups excluding carboxylic acids is 2. The van der Waals surface area contributed by atoms with Gasteiger partial charge in [-0.2, -0.15) is 0 Å². The normalized spacial score (nSPS) is 17.0. The van der Waals surface area contributed by atoms with Gasteiger partial charge in [0, 0.05) is 36.5 Å². The van der Waals surface area contributed by atoms with Crippen LogP contribution in [-0.2, 0) is 22.6 Å². The summed E-state index contributed by atoms with van der Waals surface area (Å²) in [4.78, 5) is 32.5. The third-order valence-corrected chi connectivity index (χ3v) is 5.70. The van der Waals surface area contributed by atoms with E-state index in [0.717, 1.165) is 19.3 Å². The van der Waals surface area contributed by atoms with Gasteiger partial charge in [0.2, 0.25) is 11.8 Å². The van der Waals surface area contributed by atoms with Crippen molar-refractivity contribution in [2.75, 3.05) is 11.4 Å². The van der Waals surface area contributed by atoms with Crippen molar-refractivity contribution in [1.82, 2.24) is 9.88 Å². The predicted molar refractivity (Wildman–Crippen MR) is 97.4 cm³/mol. The number of aromatic nitrogens is 1. The Bertz CT molecular complexity index is 834. The van der Waals surface area contributed by atoms with Crippen molar-refractivity contribution in [3.05, 3.63) is 46.7 Å². The summed E-state index contributed by atoms with van der Waals surface area (Å²) in [5.41, 5.74) is 1.21. The average Bonchev–Trinajstić information content (AvgIpc) is 3.21. The van der Waals surface area contributed by atoms with Crippen LogP contribution in [0.2, 0.25) is 0 Å². The maximum absolute atomic E-state index is 14.0. The molecule has 2 heterocycles. The van der Waals surface area contributed by atoms with E-state index in [1.165, 1.54) is 17.4 Å². The van der Waals surface area contributed by atoms with Crippen molar-refractivity contribution in [1.29, 1.82) is 0 Å². The Labute approximate surface area is 155 Å². The summed E-state index contributed by atoms with van der Waals surface area (Å²) in [6.45, 7) is 0.985. The third kappa shape index (κ3) is 3.62. The number of hydrogen-bond acceptors (Lipinski definition) is 4. The molecule has 0 N–H and O–H groups in total. The van der Waals surface area contributed by atoms with Crippen LogP contribution in [0.5, 0.6) is 0 Å². The maximum Gasteiger partial charge on any atom is 0.229 e. The molecular formula is C19H20FN3O2S. The van der Waals surface area contributed by atoms with E-state index >= 15 is 0 Å². The van der Waals surface area contributed by atoms with Crippen LogP contribution in [-0.4, -0.2) is 34.3 Å². The van der Waals surface area contributed by atoms with Gasteiger partial charge in [-0.3, -0.25) is 14.5 Å². The molecule has 4 rings (SSSR count). The van der Waals surface area contributed by atoms with E-state index in [1.807, 2.05) is 5.38 Å². The second-order valence-corrected chi connectivity index (χ2v) is 7.63. The summed E-state index contributed by atoms with van der Waals surface area (Å²) in [6, 6.07) is 6.77. The van der Waals surface area contributed by atoms with Gasteiger partial charge in [0.05, 0.1) is 12.1 Å². The van der Waals surface area contributed by atoms with E-state index in [9.17, 15) is 14.0 Å². The number of hydrogen-bond donors (Lipinski definition) is 0. The summed E-state index contributed by atoms with van der Waals surface area (Å²) in [5, 5.41) is 2.51. The molecule has 0 spiro atoms. The van der Waals surface area contributed by atoms with Crippen LogP contribution in [0.1, 0.15) is 36.9 Å². The van der Waals surface area contributed by atoms with E-state index in [4.69, 9.17) is 0 Å². The zero-order valence-electron chi connectivity index (χ0n) is 14.4. The van der Waals surface area contributed by atoms with E-state index in [1.54, 1.807) is 28.0 Å². The zero-order chi connectivity index (χ0) is 18.1. The monoisotopic (exact) mass is 373 g/mol. The van der Waals surface area contributed by atoms with Gasteiger partial charge in [0.15, 0.2) is 5.13 Å². The van der Waals surface area contributed by atoms with E-state index in [0.29, 0.717) is 29.4 Å². The first-order valence-corrected chi connectivity index (χ1v) is 9.77. The molecule has 1 aliphatic carbocycles. The molecule has 26 heavy (non-hydrogen) atoms. The molecule has 1 aliphatic heterocycles. The van der Waals surface area contributed by atoms with Gasteiger partial charge in [-0.1, -0.05) is 18.2 Å². The zero-order valence-corrected chi connectivity index (χ0v) is 15.2. The predicted octanol–water partition coefficient (Wildman–Crippen LogP) is 3.14. The van der Waals surface area contributed by atoms with Gasteiger partial charge in [0.1, 0.15) is 5.82 Å². The molecule has 1 aromatic heterocycles. The standard InChI is InChI=1S/C19H20FN3O2S/c20-16-5-2-1-4-13(16)11-23(15-7-8-15)18(25)10-14-12-26-19(21-14)22-9-3-6-17(22)24/h1-2,4-5,12,15H,3,6-11H2. The summed E-state index contributed by atoms with van der Waals surface area (Å²) in [5.74, 6) is -0.230. The molecule has 2 fully saturated rings. The van der Waals surface area contributed by atoms with E-state index in [2.05, 4.69) is 4.98 Å². The number of anilines is 1. The molecule has 0 atom stereocenters. The van der Waals surface area contributed by atoms with Crippen molar-refractivity contribution in [3.8, 4) is 0 Å². The van der Waals surface area contributed by atoms with Gasteiger partial charge in [-0.05, 0) is 25.3 Å². The van der Waals surface area contributed by atoms with E-state index in [-0.39, 0.29) is 36.6 Å². The molecule has 5 nitrogen and oxygen atoms in total. The second kappa shape index (κ2) is 7.15. The minimum atomic E-state index is -0.283. The van der Waals surface area contributed by atoms with Crippen molar-refractivity contribution >= 4 is 28.3 Å². The number of nitrogens with zero attached hydrogens (tertiary/aromatic N) is 3. The highest BCUT2D eigenvalue weighted by Gasteiger charge is 2.33. The van der Waals surface area contributed by atoms with Gasteiger partial charge in [-0.25, -0.2) is 9.37 Å². The Kier molecular flexibility index (Phi) is 4.72. The molecule has 2 aromatic rings. The minimum absolute atomic E-state index is 0.0413. The molecule has 1 saturated carbocycles. The van der Waals surface area contributed by atoms with Crippen LogP contribution < -0.4 is 4.90 Å². The number of carbonyl (C=O) groups is 2. The highest BCUT2D eigenvalue weighted by molar-refractivity contribution is 7.14. The molecule has 0 unspecified atom stereocenters. The third-order valence-electron chi connectivity index (χ3n) is 4.78. The fourth-order valence-electron chi connectivity index (χ4n) is 3.23. The molecule has 136 valence electrons. The lowest BCUT2D eigenvalue weighted by molar-refractivity contribution is -0.131. The largest absolute Gasteiger partial charge is 0.335 e. The first kappa shape index (κ1) is 17.1. The fourth-order valence-corrected chi connectivity index (χ4v) is 4.09. The fraction of sp³-hybridized carbons (Fsp3) is 0.421. The van der Waals surface area contributed by atoms with Crippen molar-refractivity contribution < 1.29 is 14.0 Å². The molecule has 1 aromatic carbocycles. The average molecular weight is 373 g/mol. The summed E-state index contributed by atoms with van der Waals surface area (Å²) >= 11 is 1.40. The van der Waals surface area contributed by atoms with Gasteiger partial charge < -0.3 is 4.90 Å². The molecule has 1 saturated heterocycles. The Morgan fingerprint density at radius 3 is 2.85 bits per heavy atom. The second-order valence-electron chi connectivity index (χ2n) is 6.79. The number of thiazole rings is 1. The molecule has 0 radical (unpaired) electrons. The van der Waals surface area contributed by atoms with Gasteiger partial charge in [0.25, 0.3) is 0 Å². The summed E-state index contributed by atoms with van der Waals surface area (Å²) in [6.07, 6.45) is 3.52. The van der Waals surface area contributed by atoms with Gasteiger partial charge in [-0.15, -0.1) is 11.3 Å². The molecule has 0 bridgehead atoms. The van der Waals surface area contributed by atoms with Gasteiger partial charge >= 0.3 is 0 Å². The van der Waals surface area contributed by atoms with Crippen molar-refractivity contribution in [2.24, 2.45) is 0 Å². The minimum Gasteiger partial charge on any atom is -0.335 e. The van der Waals surface area contributed by atoms with Crippen LogP contribution in [0.25, 0.3) is 0 Å². The molecule has 2 amide bonds. The first-order chi connectivity index (χ1) is 12.6. The van der Waals surface area contributed by atoms with Crippen LogP contribution in [0.3, 0.4) is 0 Å². The smallest absolute Gasteiger partial charge is 0.229 e. The van der Waals surface area contributed by atoms with Crippen LogP contribution in [0, 0.1) is 5.82 Å². The lowest BCUT2D eigenvalue weighted by Gasteiger charge is -2.22. The van der Waals surface area contributed by atoms with Crippen molar-refractivity contribution in [2.45, 2.75) is 44.7 Å². The lowest BCUT2D eigenvalue weighted by Crippen LogP contribution is -2.34. The highest BCUT2D eigenvalue weighted by atomic mass is 32.1. The SMILES string of the molecule is O=C1CCCN1c1nc(CC(=O)N(Cc2ccccc2F)C2CC2)cs1. The first-order valence-electron chi connectivity index (χ1n) is 8.89. The van der Waals surface area contributed by atoms with E-state index < -0.39 is 0 Å². The quantitative estimate of drug-likeness (QED) is 0.782. The van der Waals surface area contributed by atoms with Crippen molar-refractivity contribution in [3.63, 3.8) is 0 Å². The number of halogens is 1. The topological polar surface area (TPSA) is 53.5 Å². The molecule has 2 aliphatic rings. The summed E-state index contributed by atoms with van der Waals surface area (Å²) < 4.78 is 14.0. The Morgan fingerprint density at radius 1 is 1.35 bits per heavy atom. The van der Waals surface area contributed by atoms with Crippen LogP contribution >= 0.6 is 11.3 Å². The number of benzene rings is 1. The maximum atomic E-state index is 14.0. The van der Waals surface area contributed by atoms with Crippen LogP contribution in [0.4, 0.5) is 9.52 Å². The number of amides is 2.